The van der Waals surface area contributed by atoms with E-state index in [0.717, 1.165) is 29.9 Å². The number of hydrogen-bond donors (Lipinski definition) is 0. The van der Waals surface area contributed by atoms with Crippen LogP contribution in [0.3, 0.4) is 0 Å². The Kier molecular flexibility index (Phi) is 4.18. The summed E-state index contributed by atoms with van der Waals surface area (Å²) >= 11 is 1.75. The first-order valence-corrected chi connectivity index (χ1v) is 10.0. The zero-order valence-electron chi connectivity index (χ0n) is 14.8. The summed E-state index contributed by atoms with van der Waals surface area (Å²) in [4.78, 5) is 20.0. The fourth-order valence-corrected chi connectivity index (χ4v) is 4.90. The van der Waals surface area contributed by atoms with Crippen LogP contribution in [0.4, 0.5) is 0 Å². The van der Waals surface area contributed by atoms with Crippen molar-refractivity contribution in [3.63, 3.8) is 0 Å². The minimum absolute atomic E-state index is 0.0887. The number of thiazole rings is 1. The van der Waals surface area contributed by atoms with E-state index in [2.05, 4.69) is 27.3 Å². The molecule has 5 rings (SSSR count). The van der Waals surface area contributed by atoms with Crippen LogP contribution < -0.4 is 5.56 Å². The molecule has 0 radical (unpaired) electrons. The summed E-state index contributed by atoms with van der Waals surface area (Å²) < 4.78 is 2.69. The Labute approximate surface area is 160 Å². The topological polar surface area (TPSA) is 63.9 Å². The van der Waals surface area contributed by atoms with E-state index in [4.69, 9.17) is 4.98 Å². The Morgan fingerprint density at radius 2 is 1.85 bits per heavy atom. The van der Waals surface area contributed by atoms with Crippen LogP contribution in [-0.2, 0) is 6.67 Å². The number of benzene rings is 2. The summed E-state index contributed by atoms with van der Waals surface area (Å²) in [6.07, 6.45) is 3.35. The lowest BCUT2D eigenvalue weighted by Gasteiger charge is -2.34. The maximum Gasteiger partial charge on any atom is 0.278 e. The highest BCUT2D eigenvalue weighted by molar-refractivity contribution is 7.18. The molecule has 1 fully saturated rings. The normalized spacial score (nSPS) is 18.3. The number of nitrogens with zero attached hydrogens (tertiary/aromatic N) is 5. The largest absolute Gasteiger partial charge is 0.278 e. The van der Waals surface area contributed by atoms with Crippen LogP contribution in [-0.4, -0.2) is 31.4 Å². The highest BCUT2D eigenvalue weighted by atomic mass is 32.1. The Hall–Kier alpha value is -2.64. The molecule has 1 aliphatic rings. The number of fused-ring (bicyclic) bond motifs is 2. The highest BCUT2D eigenvalue weighted by Gasteiger charge is 2.27. The molecule has 0 bridgehead atoms. The third-order valence-electron chi connectivity index (χ3n) is 5.15. The molecule has 2 aromatic heterocycles. The van der Waals surface area contributed by atoms with Crippen molar-refractivity contribution in [2.45, 2.75) is 32.0 Å². The molecule has 136 valence electrons. The van der Waals surface area contributed by atoms with Crippen LogP contribution in [0.1, 0.15) is 30.3 Å². The zero-order chi connectivity index (χ0) is 18.2. The number of aromatic nitrogens is 4. The first-order chi connectivity index (χ1) is 13.3. The molecule has 7 heteroatoms. The average molecular weight is 377 g/mol. The first-order valence-electron chi connectivity index (χ1n) is 9.22. The van der Waals surface area contributed by atoms with Crippen molar-refractivity contribution < 1.29 is 0 Å². The molecule has 4 aromatic rings. The summed E-state index contributed by atoms with van der Waals surface area (Å²) in [6.45, 7) is 1.37. The predicted molar refractivity (Wildman–Crippen MR) is 107 cm³/mol. The van der Waals surface area contributed by atoms with E-state index in [1.165, 1.54) is 15.8 Å². The molecule has 2 aromatic carbocycles. The SMILES string of the molecule is O=c1c2ccccc2nnn1CN1CCCCC1c1nc2ccccc2s1. The number of rotatable bonds is 3. The molecule has 1 saturated heterocycles. The van der Waals surface area contributed by atoms with E-state index in [-0.39, 0.29) is 11.6 Å². The van der Waals surface area contributed by atoms with Crippen LogP contribution in [0.15, 0.2) is 53.3 Å². The van der Waals surface area contributed by atoms with E-state index in [0.29, 0.717) is 17.6 Å². The van der Waals surface area contributed by atoms with E-state index in [9.17, 15) is 4.79 Å². The molecular weight excluding hydrogens is 358 g/mol. The second kappa shape index (κ2) is 6.83. The Bertz CT molecular complexity index is 1130. The molecule has 0 amide bonds. The number of piperidine rings is 1. The van der Waals surface area contributed by atoms with E-state index < -0.39 is 0 Å². The average Bonchev–Trinajstić information content (AvgIpc) is 3.15. The molecule has 6 nitrogen and oxygen atoms in total. The van der Waals surface area contributed by atoms with Gasteiger partial charge in [0.05, 0.1) is 28.3 Å². The predicted octanol–water partition coefficient (Wildman–Crippen LogP) is 3.59. The van der Waals surface area contributed by atoms with Gasteiger partial charge in [-0.1, -0.05) is 35.9 Å². The third kappa shape index (κ3) is 3.02. The van der Waals surface area contributed by atoms with Gasteiger partial charge in [-0.3, -0.25) is 9.69 Å². The summed E-state index contributed by atoms with van der Waals surface area (Å²) in [5.74, 6) is 0. The molecule has 0 spiro atoms. The van der Waals surface area contributed by atoms with Gasteiger partial charge in [0.2, 0.25) is 0 Å². The lowest BCUT2D eigenvalue weighted by atomic mass is 10.0. The minimum Gasteiger partial charge on any atom is -0.275 e. The van der Waals surface area contributed by atoms with E-state index >= 15 is 0 Å². The van der Waals surface area contributed by atoms with Crippen LogP contribution >= 0.6 is 11.3 Å². The van der Waals surface area contributed by atoms with Gasteiger partial charge in [0.15, 0.2) is 0 Å². The first kappa shape index (κ1) is 16.5. The van der Waals surface area contributed by atoms with Crippen molar-refractivity contribution in [2.75, 3.05) is 6.54 Å². The monoisotopic (exact) mass is 377 g/mol. The van der Waals surface area contributed by atoms with Crippen molar-refractivity contribution >= 4 is 32.5 Å². The molecule has 1 aliphatic heterocycles. The number of hydrogen-bond acceptors (Lipinski definition) is 6. The fraction of sp³-hybridized carbons (Fsp3) is 0.300. The molecule has 27 heavy (non-hydrogen) atoms. The molecular formula is C20H19N5OS. The van der Waals surface area contributed by atoms with Crippen molar-refractivity contribution in [3.8, 4) is 0 Å². The number of likely N-dealkylation sites (tertiary alicyclic amines) is 1. The van der Waals surface area contributed by atoms with Crippen molar-refractivity contribution in [1.82, 2.24) is 24.9 Å². The van der Waals surface area contributed by atoms with Crippen molar-refractivity contribution in [2.24, 2.45) is 0 Å². The Balaban J connectivity index is 1.49. The van der Waals surface area contributed by atoms with Gasteiger partial charge < -0.3 is 0 Å². The molecule has 0 aliphatic carbocycles. The van der Waals surface area contributed by atoms with Gasteiger partial charge in [-0.15, -0.1) is 16.4 Å². The van der Waals surface area contributed by atoms with Crippen LogP contribution in [0.5, 0.6) is 0 Å². The third-order valence-corrected chi connectivity index (χ3v) is 6.29. The Morgan fingerprint density at radius 1 is 1.04 bits per heavy atom. The molecule has 3 heterocycles. The van der Waals surface area contributed by atoms with Crippen LogP contribution in [0, 0.1) is 0 Å². The number of para-hydroxylation sites is 1. The minimum atomic E-state index is -0.0887. The summed E-state index contributed by atoms with van der Waals surface area (Å²) in [5.41, 5.74) is 1.60. The summed E-state index contributed by atoms with van der Waals surface area (Å²) in [5, 5.41) is 10.1. The lowest BCUT2D eigenvalue weighted by Crippen LogP contribution is -2.39. The van der Waals surface area contributed by atoms with Gasteiger partial charge in [0.1, 0.15) is 10.5 Å². The smallest absolute Gasteiger partial charge is 0.275 e. The summed E-state index contributed by atoms with van der Waals surface area (Å²) in [7, 11) is 0. The van der Waals surface area contributed by atoms with Crippen LogP contribution in [0.2, 0.25) is 0 Å². The van der Waals surface area contributed by atoms with E-state index in [1.54, 1.807) is 11.3 Å². The maximum absolute atomic E-state index is 12.8. The van der Waals surface area contributed by atoms with Crippen molar-refractivity contribution in [1.29, 1.82) is 0 Å². The standard InChI is InChI=1S/C20H19N5OS/c26-20-14-7-1-2-8-15(14)22-23-25(20)13-24-12-6-5-10-17(24)19-21-16-9-3-4-11-18(16)27-19/h1-4,7-9,11,17H,5-6,10,12-13H2. The van der Waals surface area contributed by atoms with E-state index in [1.807, 2.05) is 36.4 Å². The van der Waals surface area contributed by atoms with Crippen molar-refractivity contribution in [3.05, 3.63) is 63.9 Å². The lowest BCUT2D eigenvalue weighted by molar-refractivity contribution is 0.100. The molecule has 0 N–H and O–H groups in total. The van der Waals surface area contributed by atoms with Gasteiger partial charge in [-0.05, 0) is 37.1 Å². The second-order valence-electron chi connectivity index (χ2n) is 6.90. The van der Waals surface area contributed by atoms with Gasteiger partial charge in [-0.25, -0.2) is 4.98 Å². The molecule has 1 atom stereocenters. The molecule has 0 saturated carbocycles. The zero-order valence-corrected chi connectivity index (χ0v) is 15.6. The highest BCUT2D eigenvalue weighted by Crippen LogP contribution is 2.35. The summed E-state index contributed by atoms with van der Waals surface area (Å²) in [6, 6.07) is 15.8. The van der Waals surface area contributed by atoms with Gasteiger partial charge >= 0.3 is 0 Å². The second-order valence-corrected chi connectivity index (χ2v) is 7.96. The Morgan fingerprint density at radius 3 is 2.74 bits per heavy atom. The van der Waals surface area contributed by atoms with Gasteiger partial charge in [0, 0.05) is 6.54 Å². The van der Waals surface area contributed by atoms with Gasteiger partial charge in [-0.2, -0.15) is 4.68 Å². The quantitative estimate of drug-likeness (QED) is 0.546. The fourth-order valence-electron chi connectivity index (χ4n) is 3.76. The van der Waals surface area contributed by atoms with Crippen LogP contribution in [0.25, 0.3) is 21.1 Å². The molecule has 1 unspecified atom stereocenters. The van der Waals surface area contributed by atoms with Gasteiger partial charge in [0.25, 0.3) is 5.56 Å². The maximum atomic E-state index is 12.8.